The molecular formula is C25H34O5. The molecule has 1 aromatic rings. The van der Waals surface area contributed by atoms with Gasteiger partial charge in [-0.05, 0) is 75.0 Å². The van der Waals surface area contributed by atoms with Crippen molar-refractivity contribution in [3.8, 4) is 0 Å². The highest BCUT2D eigenvalue weighted by Crippen LogP contribution is 2.27. The Labute approximate surface area is 179 Å². The maximum atomic E-state index is 12.6. The minimum absolute atomic E-state index is 0.0231. The summed E-state index contributed by atoms with van der Waals surface area (Å²) in [5, 5.41) is 0. The van der Waals surface area contributed by atoms with E-state index in [1.165, 1.54) is 12.0 Å². The van der Waals surface area contributed by atoms with Crippen molar-refractivity contribution in [2.45, 2.75) is 64.9 Å². The second kappa shape index (κ2) is 11.4. The minimum Gasteiger partial charge on any atom is -0.422 e. The number of benzene rings is 1. The first-order valence-electron chi connectivity index (χ1n) is 11.3. The first-order chi connectivity index (χ1) is 14.6. The van der Waals surface area contributed by atoms with Gasteiger partial charge < -0.3 is 14.2 Å². The van der Waals surface area contributed by atoms with Crippen molar-refractivity contribution < 1.29 is 23.8 Å². The molecule has 2 atom stereocenters. The van der Waals surface area contributed by atoms with Gasteiger partial charge in [0.15, 0.2) is 5.76 Å². The number of carbonyl (C=O) groups excluding carboxylic acids is 2. The smallest absolute Gasteiger partial charge is 0.322 e. The standard InChI is InChI=1S/C25H34O5/c1-3-19-7-9-21(10-8-19)17-23-24(26)22(25(27)30-23)11-6-18(2)29-14-4-5-20-12-15-28-16-13-20/h7-10,17-18,20,22H,3-6,11-16H2,1-2H3/b23-17+. The molecule has 2 aliphatic heterocycles. The number of Topliss-reactive ketones (excluding diaryl/α,β-unsaturated/α-hetero) is 1. The van der Waals surface area contributed by atoms with Crippen molar-refractivity contribution in [1.29, 1.82) is 0 Å². The largest absolute Gasteiger partial charge is 0.422 e. The van der Waals surface area contributed by atoms with E-state index in [4.69, 9.17) is 14.2 Å². The van der Waals surface area contributed by atoms with Crippen molar-refractivity contribution in [2.24, 2.45) is 11.8 Å². The number of ketones is 1. The number of carbonyl (C=O) groups is 2. The molecular weight excluding hydrogens is 380 g/mol. The molecule has 1 aromatic carbocycles. The highest BCUT2D eigenvalue weighted by Gasteiger charge is 2.39. The third kappa shape index (κ3) is 6.51. The fourth-order valence-electron chi connectivity index (χ4n) is 4.04. The molecule has 164 valence electrons. The topological polar surface area (TPSA) is 61.8 Å². The van der Waals surface area contributed by atoms with Crippen LogP contribution in [0.4, 0.5) is 0 Å². The third-order valence-corrected chi connectivity index (χ3v) is 6.10. The summed E-state index contributed by atoms with van der Waals surface area (Å²) in [6.07, 6.45) is 8.31. The fraction of sp³-hybridized carbons (Fsp3) is 0.600. The Hall–Kier alpha value is -1.98. The molecule has 2 unspecified atom stereocenters. The van der Waals surface area contributed by atoms with Crippen LogP contribution in [0.5, 0.6) is 0 Å². The lowest BCUT2D eigenvalue weighted by molar-refractivity contribution is -0.139. The number of aryl methyl sites for hydroxylation is 1. The molecule has 2 saturated heterocycles. The zero-order chi connectivity index (χ0) is 21.3. The molecule has 5 nitrogen and oxygen atoms in total. The number of hydrogen-bond donors (Lipinski definition) is 0. The number of cyclic esters (lactones) is 1. The molecule has 30 heavy (non-hydrogen) atoms. The molecule has 5 heteroatoms. The predicted molar refractivity (Wildman–Crippen MR) is 116 cm³/mol. The summed E-state index contributed by atoms with van der Waals surface area (Å²) in [5.74, 6) is -0.458. The van der Waals surface area contributed by atoms with E-state index >= 15 is 0 Å². The van der Waals surface area contributed by atoms with Crippen LogP contribution in [-0.2, 0) is 30.2 Å². The fourth-order valence-corrected chi connectivity index (χ4v) is 4.04. The van der Waals surface area contributed by atoms with Crippen LogP contribution in [0.1, 0.15) is 63.5 Å². The first-order valence-corrected chi connectivity index (χ1v) is 11.3. The lowest BCUT2D eigenvalue weighted by Crippen LogP contribution is -2.19. The monoisotopic (exact) mass is 414 g/mol. The van der Waals surface area contributed by atoms with Gasteiger partial charge in [-0.2, -0.15) is 0 Å². The van der Waals surface area contributed by atoms with Crippen molar-refractivity contribution in [2.75, 3.05) is 19.8 Å². The number of esters is 1. The molecule has 0 aromatic heterocycles. The van der Waals surface area contributed by atoms with Gasteiger partial charge >= 0.3 is 5.97 Å². The summed E-state index contributed by atoms with van der Waals surface area (Å²) in [7, 11) is 0. The average Bonchev–Trinajstić information content (AvgIpc) is 3.03. The molecule has 0 spiro atoms. The van der Waals surface area contributed by atoms with E-state index in [1.807, 2.05) is 31.2 Å². The van der Waals surface area contributed by atoms with E-state index in [-0.39, 0.29) is 17.6 Å². The van der Waals surface area contributed by atoms with Gasteiger partial charge in [-0.3, -0.25) is 9.59 Å². The second-order valence-electron chi connectivity index (χ2n) is 8.40. The Kier molecular flexibility index (Phi) is 8.64. The van der Waals surface area contributed by atoms with Crippen LogP contribution in [0.2, 0.25) is 0 Å². The summed E-state index contributed by atoms with van der Waals surface area (Å²) < 4.78 is 16.6. The van der Waals surface area contributed by atoms with Crippen LogP contribution < -0.4 is 0 Å². The van der Waals surface area contributed by atoms with Gasteiger partial charge in [-0.1, -0.05) is 31.2 Å². The van der Waals surface area contributed by atoms with Gasteiger partial charge in [0.25, 0.3) is 0 Å². The van der Waals surface area contributed by atoms with E-state index in [2.05, 4.69) is 6.92 Å². The normalized spacial score (nSPS) is 22.5. The van der Waals surface area contributed by atoms with Crippen LogP contribution in [0, 0.1) is 11.8 Å². The Morgan fingerprint density at radius 1 is 1.13 bits per heavy atom. The number of ether oxygens (including phenoxy) is 3. The molecule has 0 N–H and O–H groups in total. The molecule has 0 radical (unpaired) electrons. The van der Waals surface area contributed by atoms with Crippen molar-refractivity contribution in [1.82, 2.24) is 0 Å². The molecule has 0 saturated carbocycles. The summed E-state index contributed by atoms with van der Waals surface area (Å²) in [4.78, 5) is 24.8. The predicted octanol–water partition coefficient (Wildman–Crippen LogP) is 4.72. The average molecular weight is 415 g/mol. The Morgan fingerprint density at radius 2 is 1.87 bits per heavy atom. The van der Waals surface area contributed by atoms with E-state index in [0.717, 1.165) is 57.0 Å². The molecule has 2 fully saturated rings. The Bertz CT molecular complexity index is 730. The van der Waals surface area contributed by atoms with Gasteiger partial charge in [0.1, 0.15) is 5.92 Å². The van der Waals surface area contributed by atoms with Gasteiger partial charge in [0.05, 0.1) is 6.10 Å². The summed E-state index contributed by atoms with van der Waals surface area (Å²) in [6, 6.07) is 7.92. The summed E-state index contributed by atoms with van der Waals surface area (Å²) in [6.45, 7) is 6.59. The number of allylic oxidation sites excluding steroid dienone is 1. The van der Waals surface area contributed by atoms with Gasteiger partial charge in [-0.25, -0.2) is 0 Å². The molecule has 2 heterocycles. The van der Waals surface area contributed by atoms with Crippen LogP contribution in [-0.4, -0.2) is 37.7 Å². The molecule has 0 bridgehead atoms. The number of rotatable bonds is 10. The molecule has 2 aliphatic rings. The molecule has 0 aliphatic carbocycles. The van der Waals surface area contributed by atoms with Crippen LogP contribution in [0.15, 0.2) is 30.0 Å². The second-order valence-corrected chi connectivity index (χ2v) is 8.40. The lowest BCUT2D eigenvalue weighted by Gasteiger charge is -2.22. The van der Waals surface area contributed by atoms with Crippen molar-refractivity contribution in [3.63, 3.8) is 0 Å². The third-order valence-electron chi connectivity index (χ3n) is 6.10. The van der Waals surface area contributed by atoms with E-state index < -0.39 is 11.9 Å². The maximum absolute atomic E-state index is 12.6. The van der Waals surface area contributed by atoms with E-state index in [1.54, 1.807) is 6.08 Å². The van der Waals surface area contributed by atoms with Crippen LogP contribution in [0.3, 0.4) is 0 Å². The van der Waals surface area contributed by atoms with E-state index in [0.29, 0.717) is 12.8 Å². The maximum Gasteiger partial charge on any atom is 0.322 e. The van der Waals surface area contributed by atoms with Crippen molar-refractivity contribution >= 4 is 17.8 Å². The minimum atomic E-state index is -0.709. The first kappa shape index (κ1) is 22.7. The van der Waals surface area contributed by atoms with Gasteiger partial charge in [0.2, 0.25) is 5.78 Å². The van der Waals surface area contributed by atoms with Gasteiger partial charge in [-0.15, -0.1) is 0 Å². The van der Waals surface area contributed by atoms with Gasteiger partial charge in [0, 0.05) is 19.8 Å². The lowest BCUT2D eigenvalue weighted by atomic mass is 9.95. The SMILES string of the molecule is CCc1ccc(/C=C2/OC(=O)C(CCC(C)OCCCC3CCOCC3)C2=O)cc1. The zero-order valence-electron chi connectivity index (χ0n) is 18.2. The quantitative estimate of drug-likeness (QED) is 0.240. The van der Waals surface area contributed by atoms with E-state index in [9.17, 15) is 9.59 Å². The molecule has 3 rings (SSSR count). The summed E-state index contributed by atoms with van der Waals surface area (Å²) in [5.41, 5.74) is 2.09. The van der Waals surface area contributed by atoms with Crippen molar-refractivity contribution in [3.05, 3.63) is 41.2 Å². The highest BCUT2D eigenvalue weighted by atomic mass is 16.5. The highest BCUT2D eigenvalue weighted by molar-refractivity contribution is 6.15. The van der Waals surface area contributed by atoms with Crippen LogP contribution >= 0.6 is 0 Å². The molecule has 0 amide bonds. The van der Waals surface area contributed by atoms with Crippen LogP contribution in [0.25, 0.3) is 6.08 Å². The Balaban J connectivity index is 1.40. The zero-order valence-corrected chi connectivity index (χ0v) is 18.2. The Morgan fingerprint density at radius 3 is 2.57 bits per heavy atom. The number of hydrogen-bond acceptors (Lipinski definition) is 5. The summed E-state index contributed by atoms with van der Waals surface area (Å²) >= 11 is 0.